The summed E-state index contributed by atoms with van der Waals surface area (Å²) < 4.78 is 17.0. The van der Waals surface area contributed by atoms with Gasteiger partial charge in [-0.25, -0.2) is 0 Å². The first-order valence-corrected chi connectivity index (χ1v) is 10.7. The maximum atomic E-state index is 12.8. The number of carbonyl (C=O) groups is 1. The average Bonchev–Trinajstić information content (AvgIpc) is 2.84. The van der Waals surface area contributed by atoms with Gasteiger partial charge in [-0.15, -0.1) is 0 Å². The molecule has 0 aliphatic rings. The van der Waals surface area contributed by atoms with Gasteiger partial charge in [-0.3, -0.25) is 4.79 Å². The molecule has 0 atom stereocenters. The largest absolute Gasteiger partial charge is 0.496 e. The molecule has 0 aliphatic heterocycles. The van der Waals surface area contributed by atoms with Gasteiger partial charge in [0.15, 0.2) is 0 Å². The Kier molecular flexibility index (Phi) is 7.12. The molecule has 0 aliphatic carbocycles. The van der Waals surface area contributed by atoms with E-state index >= 15 is 0 Å². The third-order valence-electron chi connectivity index (χ3n) is 4.82. The molecule has 4 rings (SSSR count). The molecule has 0 saturated carbocycles. The highest BCUT2D eigenvalue weighted by atomic mass is 35.5. The van der Waals surface area contributed by atoms with E-state index in [1.165, 1.54) is 0 Å². The van der Waals surface area contributed by atoms with Crippen LogP contribution in [0.1, 0.15) is 15.9 Å². The molecule has 0 unspecified atom stereocenters. The molecule has 1 N–H and O–H groups in total. The number of methoxy groups -OCH3 is 1. The van der Waals surface area contributed by atoms with E-state index in [1.807, 2.05) is 42.5 Å². The van der Waals surface area contributed by atoms with Crippen molar-refractivity contribution < 1.29 is 19.0 Å². The highest BCUT2D eigenvalue weighted by Crippen LogP contribution is 2.25. The molecule has 166 valence electrons. The van der Waals surface area contributed by atoms with Crippen molar-refractivity contribution in [3.8, 4) is 23.0 Å². The summed E-state index contributed by atoms with van der Waals surface area (Å²) in [6, 6.07) is 29.1. The fraction of sp³-hybridized carbons (Fsp3) is 0.0741. The lowest BCUT2D eigenvalue weighted by molar-refractivity contribution is 0.102. The number of hydrogen-bond donors (Lipinski definition) is 1. The normalized spacial score (nSPS) is 10.4. The molecule has 0 aromatic heterocycles. The Morgan fingerprint density at radius 1 is 0.818 bits per heavy atom. The Morgan fingerprint density at radius 3 is 2.27 bits per heavy atom. The molecule has 1 amide bonds. The second-order valence-electron chi connectivity index (χ2n) is 7.17. The quantitative estimate of drug-likeness (QED) is 0.309. The summed E-state index contributed by atoms with van der Waals surface area (Å²) in [7, 11) is 1.58. The van der Waals surface area contributed by atoms with Gasteiger partial charge >= 0.3 is 0 Å². The number of para-hydroxylation sites is 1. The van der Waals surface area contributed by atoms with Crippen molar-refractivity contribution in [3.05, 3.63) is 113 Å². The third-order valence-corrected chi connectivity index (χ3v) is 5.06. The van der Waals surface area contributed by atoms with Crippen LogP contribution >= 0.6 is 11.6 Å². The summed E-state index contributed by atoms with van der Waals surface area (Å²) in [5, 5.41) is 3.49. The molecule has 4 aromatic rings. The lowest BCUT2D eigenvalue weighted by Gasteiger charge is -2.13. The van der Waals surface area contributed by atoms with Crippen LogP contribution in [0.4, 0.5) is 5.69 Å². The van der Waals surface area contributed by atoms with E-state index in [-0.39, 0.29) is 12.5 Å². The molecule has 0 bridgehead atoms. The number of rotatable bonds is 8. The number of anilines is 1. The number of nitrogens with one attached hydrogen (secondary N) is 1. The number of carbonyl (C=O) groups excluding carboxylic acids is 1. The van der Waals surface area contributed by atoms with Crippen molar-refractivity contribution in [1.82, 2.24) is 0 Å². The summed E-state index contributed by atoms with van der Waals surface area (Å²) in [4.78, 5) is 12.8. The fourth-order valence-corrected chi connectivity index (χ4v) is 3.36. The van der Waals surface area contributed by atoms with E-state index in [9.17, 15) is 4.79 Å². The second kappa shape index (κ2) is 10.6. The van der Waals surface area contributed by atoms with Gasteiger partial charge < -0.3 is 19.5 Å². The fourth-order valence-electron chi connectivity index (χ4n) is 3.18. The van der Waals surface area contributed by atoms with Crippen LogP contribution in [0.5, 0.6) is 23.0 Å². The smallest absolute Gasteiger partial charge is 0.255 e. The van der Waals surface area contributed by atoms with Crippen LogP contribution in [0.2, 0.25) is 5.02 Å². The molecule has 33 heavy (non-hydrogen) atoms. The van der Waals surface area contributed by atoms with E-state index in [2.05, 4.69) is 5.32 Å². The van der Waals surface area contributed by atoms with Gasteiger partial charge in [0.2, 0.25) is 0 Å². The second-order valence-corrected chi connectivity index (χ2v) is 7.60. The van der Waals surface area contributed by atoms with Gasteiger partial charge in [-0.1, -0.05) is 35.9 Å². The zero-order valence-corrected chi connectivity index (χ0v) is 18.7. The number of amides is 1. The predicted octanol–water partition coefficient (Wildman–Crippen LogP) is 6.97. The lowest BCUT2D eigenvalue weighted by Crippen LogP contribution is -2.12. The summed E-state index contributed by atoms with van der Waals surface area (Å²) in [6.07, 6.45) is 0. The maximum Gasteiger partial charge on any atom is 0.255 e. The molecule has 4 aromatic carbocycles. The number of halogens is 1. The molecule has 0 radical (unpaired) electrons. The van der Waals surface area contributed by atoms with Crippen LogP contribution in [-0.4, -0.2) is 13.0 Å². The van der Waals surface area contributed by atoms with Gasteiger partial charge in [-0.2, -0.15) is 0 Å². The zero-order chi connectivity index (χ0) is 23.0. The van der Waals surface area contributed by atoms with E-state index in [1.54, 1.807) is 61.7 Å². The predicted molar refractivity (Wildman–Crippen MR) is 130 cm³/mol. The highest BCUT2D eigenvalue weighted by molar-refractivity contribution is 6.30. The summed E-state index contributed by atoms with van der Waals surface area (Å²) in [5.74, 6) is 2.47. The minimum atomic E-state index is -0.238. The minimum Gasteiger partial charge on any atom is -0.496 e. The third kappa shape index (κ3) is 6.05. The lowest BCUT2D eigenvalue weighted by atomic mass is 10.1. The first-order valence-electron chi connectivity index (χ1n) is 10.3. The van der Waals surface area contributed by atoms with Gasteiger partial charge in [0, 0.05) is 21.8 Å². The van der Waals surface area contributed by atoms with E-state index in [0.29, 0.717) is 33.5 Å². The molecular weight excluding hydrogens is 438 g/mol. The van der Waals surface area contributed by atoms with Crippen molar-refractivity contribution in [1.29, 1.82) is 0 Å². The Labute approximate surface area is 197 Å². The van der Waals surface area contributed by atoms with Gasteiger partial charge in [0.1, 0.15) is 29.6 Å². The summed E-state index contributed by atoms with van der Waals surface area (Å²) in [6.45, 7) is 0.232. The molecule has 6 heteroatoms. The Morgan fingerprint density at radius 2 is 1.55 bits per heavy atom. The first kappa shape index (κ1) is 22.2. The Bertz CT molecular complexity index is 1230. The van der Waals surface area contributed by atoms with Crippen molar-refractivity contribution in [3.63, 3.8) is 0 Å². The van der Waals surface area contributed by atoms with E-state index in [0.717, 1.165) is 11.3 Å². The monoisotopic (exact) mass is 459 g/mol. The van der Waals surface area contributed by atoms with E-state index in [4.69, 9.17) is 25.8 Å². The summed E-state index contributed by atoms with van der Waals surface area (Å²) >= 11 is 6.01. The van der Waals surface area contributed by atoms with Crippen LogP contribution < -0.4 is 19.5 Å². The van der Waals surface area contributed by atoms with Crippen molar-refractivity contribution in [2.45, 2.75) is 6.61 Å². The van der Waals surface area contributed by atoms with Gasteiger partial charge in [0.05, 0.1) is 7.11 Å². The van der Waals surface area contributed by atoms with Crippen LogP contribution in [0.3, 0.4) is 0 Å². The number of hydrogen-bond acceptors (Lipinski definition) is 4. The van der Waals surface area contributed by atoms with Gasteiger partial charge in [-0.05, 0) is 72.8 Å². The van der Waals surface area contributed by atoms with Crippen molar-refractivity contribution in [2.75, 3.05) is 12.4 Å². The Balaban J connectivity index is 1.42. The average molecular weight is 460 g/mol. The molecule has 0 heterocycles. The molecule has 0 fully saturated rings. The first-order chi connectivity index (χ1) is 16.1. The maximum absolute atomic E-state index is 12.8. The van der Waals surface area contributed by atoms with Crippen LogP contribution in [0.15, 0.2) is 97.1 Å². The molecule has 0 saturated heterocycles. The minimum absolute atomic E-state index is 0.232. The molecule has 0 spiro atoms. The molecule has 5 nitrogen and oxygen atoms in total. The Hall–Kier alpha value is -3.96. The van der Waals surface area contributed by atoms with Crippen molar-refractivity contribution >= 4 is 23.2 Å². The van der Waals surface area contributed by atoms with Crippen LogP contribution in [0.25, 0.3) is 0 Å². The topological polar surface area (TPSA) is 56.8 Å². The number of ether oxygens (including phenoxy) is 3. The standard InChI is InChI=1S/C27H22ClNO4/c1-31-26-15-10-19(16-20(26)18-32-25-9-5-6-21(28)17-25)27(30)29-22-11-13-24(14-12-22)33-23-7-3-2-4-8-23/h2-17H,18H2,1H3,(H,29,30). The zero-order valence-electron chi connectivity index (χ0n) is 18.0. The van der Waals surface area contributed by atoms with Gasteiger partial charge in [0.25, 0.3) is 5.91 Å². The SMILES string of the molecule is COc1ccc(C(=O)Nc2ccc(Oc3ccccc3)cc2)cc1COc1cccc(Cl)c1. The highest BCUT2D eigenvalue weighted by Gasteiger charge is 2.12. The van der Waals surface area contributed by atoms with Crippen LogP contribution in [-0.2, 0) is 6.61 Å². The summed E-state index contributed by atoms with van der Waals surface area (Å²) in [5.41, 5.74) is 1.90. The van der Waals surface area contributed by atoms with Crippen LogP contribution in [0, 0.1) is 0 Å². The van der Waals surface area contributed by atoms with Crippen molar-refractivity contribution in [2.24, 2.45) is 0 Å². The van der Waals surface area contributed by atoms with E-state index < -0.39 is 0 Å². The number of benzene rings is 4. The molecular formula is C27H22ClNO4.